The van der Waals surface area contributed by atoms with E-state index in [0.29, 0.717) is 0 Å². The number of hydrogen-bond acceptors (Lipinski definition) is 1. The molecule has 1 aromatic carbocycles. The van der Waals surface area contributed by atoms with Crippen LogP contribution in [0.4, 0.5) is 0 Å². The van der Waals surface area contributed by atoms with Crippen molar-refractivity contribution in [2.45, 2.75) is 61.3 Å². The van der Waals surface area contributed by atoms with E-state index >= 15 is 0 Å². The van der Waals surface area contributed by atoms with Gasteiger partial charge in [-0.15, -0.1) is 0 Å². The Morgan fingerprint density at radius 3 is 1.53 bits per heavy atom. The molecule has 1 heteroatoms. The number of aryl methyl sites for hydroxylation is 2. The zero-order valence-electron chi connectivity index (χ0n) is 14.1. The lowest BCUT2D eigenvalue weighted by Crippen LogP contribution is -2.12. The van der Waals surface area contributed by atoms with Crippen molar-refractivity contribution in [2.24, 2.45) is 5.92 Å². The lowest BCUT2D eigenvalue weighted by molar-refractivity contribution is 0.0716. The van der Waals surface area contributed by atoms with Gasteiger partial charge in [-0.25, -0.2) is 0 Å². The summed E-state index contributed by atoms with van der Waals surface area (Å²) < 4.78 is 5.14. The van der Waals surface area contributed by atoms with E-state index < -0.39 is 0 Å². The Labute approximate surface area is 121 Å². The van der Waals surface area contributed by atoms with Crippen LogP contribution in [0.3, 0.4) is 0 Å². The largest absolute Gasteiger partial charge is 0.381 e. The molecule has 1 aliphatic rings. The van der Waals surface area contributed by atoms with E-state index in [1.165, 1.54) is 24.0 Å². The minimum atomic E-state index is 0.911. The number of ether oxygens (including phenoxy) is 1. The quantitative estimate of drug-likeness (QED) is 0.577. The summed E-state index contributed by atoms with van der Waals surface area (Å²) in [6.45, 7) is 16.5. The van der Waals surface area contributed by atoms with Crippen molar-refractivity contribution >= 4 is 0 Å². The van der Waals surface area contributed by atoms with Crippen molar-refractivity contribution in [3.63, 3.8) is 0 Å². The van der Waals surface area contributed by atoms with E-state index in [2.05, 4.69) is 45.0 Å². The molecule has 0 amide bonds. The monoisotopic (exact) mass is 266 g/mol. The first kappa shape index (κ1) is 20.5. The minimum absolute atomic E-state index is 0.911. The van der Waals surface area contributed by atoms with Crippen LogP contribution in [0, 0.1) is 19.8 Å². The fourth-order valence-corrected chi connectivity index (χ4v) is 1.62. The molecule has 1 aromatic rings. The lowest BCUT2D eigenvalue weighted by atomic mass is 10.0. The molecule has 1 heterocycles. The van der Waals surface area contributed by atoms with Gasteiger partial charge in [0.25, 0.3) is 0 Å². The number of benzene rings is 1. The number of rotatable bonds is 0. The molecule has 0 saturated carbocycles. The Balaban J connectivity index is 0. The smallest absolute Gasteiger partial charge is 0.0468 e. The highest BCUT2D eigenvalue weighted by molar-refractivity contribution is 5.20. The molecule has 0 atom stereocenters. The van der Waals surface area contributed by atoms with Gasteiger partial charge in [-0.05, 0) is 32.6 Å². The summed E-state index contributed by atoms with van der Waals surface area (Å²) in [5, 5.41) is 0. The second-order valence-electron chi connectivity index (χ2n) is 4.45. The van der Waals surface area contributed by atoms with Crippen LogP contribution in [-0.2, 0) is 4.74 Å². The first-order valence-electron chi connectivity index (χ1n) is 7.79. The zero-order chi connectivity index (χ0) is 15.1. The van der Waals surface area contributed by atoms with Crippen molar-refractivity contribution in [3.8, 4) is 0 Å². The normalized spacial score (nSPS) is 13.8. The fraction of sp³-hybridized carbons (Fsp3) is 0.667. The SMILES string of the molecule is CC.CC.CC1CCOCC1.Cc1cccc(C)c1. The molecule has 0 N–H and O–H groups in total. The molecule has 1 saturated heterocycles. The van der Waals surface area contributed by atoms with E-state index in [-0.39, 0.29) is 0 Å². The molecule has 0 aromatic heterocycles. The highest BCUT2D eigenvalue weighted by Crippen LogP contribution is 2.11. The Kier molecular flexibility index (Phi) is 16.4. The van der Waals surface area contributed by atoms with Gasteiger partial charge in [0.2, 0.25) is 0 Å². The van der Waals surface area contributed by atoms with E-state index in [9.17, 15) is 0 Å². The predicted molar refractivity (Wildman–Crippen MR) is 87.8 cm³/mol. The van der Waals surface area contributed by atoms with Gasteiger partial charge in [0, 0.05) is 13.2 Å². The Morgan fingerprint density at radius 2 is 1.32 bits per heavy atom. The third kappa shape index (κ3) is 13.4. The highest BCUT2D eigenvalue weighted by Gasteiger charge is 2.06. The van der Waals surface area contributed by atoms with Gasteiger partial charge >= 0.3 is 0 Å². The molecule has 0 bridgehead atoms. The molecule has 0 radical (unpaired) electrons. The first-order chi connectivity index (χ1) is 9.18. The predicted octanol–water partition coefficient (Wildman–Crippen LogP) is 5.79. The van der Waals surface area contributed by atoms with Crippen LogP contribution >= 0.6 is 0 Å². The maximum atomic E-state index is 5.14. The van der Waals surface area contributed by atoms with Gasteiger partial charge in [0.05, 0.1) is 0 Å². The Hall–Kier alpha value is -0.820. The molecule has 0 spiro atoms. The average molecular weight is 266 g/mol. The van der Waals surface area contributed by atoms with E-state index in [1.807, 2.05) is 27.7 Å². The summed E-state index contributed by atoms with van der Waals surface area (Å²) in [5.74, 6) is 0.911. The van der Waals surface area contributed by atoms with Crippen LogP contribution in [-0.4, -0.2) is 13.2 Å². The molecule has 1 nitrogen and oxygen atoms in total. The summed E-state index contributed by atoms with van der Waals surface area (Å²) in [7, 11) is 0. The van der Waals surface area contributed by atoms with Crippen LogP contribution < -0.4 is 0 Å². The fourth-order valence-electron chi connectivity index (χ4n) is 1.62. The molecule has 112 valence electrons. The van der Waals surface area contributed by atoms with Crippen LogP contribution in [0.5, 0.6) is 0 Å². The Morgan fingerprint density at radius 1 is 0.895 bits per heavy atom. The van der Waals surface area contributed by atoms with Gasteiger partial charge in [-0.2, -0.15) is 0 Å². The summed E-state index contributed by atoms with van der Waals surface area (Å²) in [5.41, 5.74) is 2.68. The van der Waals surface area contributed by atoms with Crippen molar-refractivity contribution in [2.75, 3.05) is 13.2 Å². The van der Waals surface area contributed by atoms with Crippen molar-refractivity contribution < 1.29 is 4.74 Å². The van der Waals surface area contributed by atoms with Gasteiger partial charge < -0.3 is 4.74 Å². The van der Waals surface area contributed by atoms with Crippen molar-refractivity contribution in [1.82, 2.24) is 0 Å². The van der Waals surface area contributed by atoms with Crippen LogP contribution in [0.25, 0.3) is 0 Å². The van der Waals surface area contributed by atoms with Crippen LogP contribution in [0.15, 0.2) is 24.3 Å². The third-order valence-electron chi connectivity index (χ3n) is 2.68. The summed E-state index contributed by atoms with van der Waals surface area (Å²) in [4.78, 5) is 0. The molecule has 2 rings (SSSR count). The molecule has 0 aliphatic carbocycles. The molecule has 19 heavy (non-hydrogen) atoms. The van der Waals surface area contributed by atoms with Gasteiger partial charge in [-0.3, -0.25) is 0 Å². The summed E-state index contributed by atoms with van der Waals surface area (Å²) >= 11 is 0. The van der Waals surface area contributed by atoms with Gasteiger partial charge in [0.15, 0.2) is 0 Å². The zero-order valence-corrected chi connectivity index (χ0v) is 14.1. The van der Waals surface area contributed by atoms with Crippen LogP contribution in [0.1, 0.15) is 58.6 Å². The van der Waals surface area contributed by atoms with Crippen molar-refractivity contribution in [3.05, 3.63) is 35.4 Å². The Bertz CT molecular complexity index is 258. The molecule has 0 unspecified atom stereocenters. The third-order valence-corrected chi connectivity index (χ3v) is 2.68. The van der Waals surface area contributed by atoms with Gasteiger partial charge in [-0.1, -0.05) is 70.0 Å². The first-order valence-corrected chi connectivity index (χ1v) is 7.79. The van der Waals surface area contributed by atoms with E-state index in [4.69, 9.17) is 4.74 Å². The van der Waals surface area contributed by atoms with Crippen LogP contribution in [0.2, 0.25) is 0 Å². The highest BCUT2D eigenvalue weighted by atomic mass is 16.5. The maximum absolute atomic E-state index is 5.14. The standard InChI is InChI=1S/C8H10.C6H12O.2C2H6/c1-7-4-3-5-8(2)6-7;1-6-2-4-7-5-3-6;2*1-2/h3-6H,1-2H3;6H,2-5H2,1H3;2*1-2H3. The van der Waals surface area contributed by atoms with Gasteiger partial charge in [0.1, 0.15) is 0 Å². The minimum Gasteiger partial charge on any atom is -0.381 e. The van der Waals surface area contributed by atoms with E-state index in [1.54, 1.807) is 0 Å². The molecule has 1 fully saturated rings. The molecule has 1 aliphatic heterocycles. The average Bonchev–Trinajstić information content (AvgIpc) is 2.44. The summed E-state index contributed by atoms with van der Waals surface area (Å²) in [6.07, 6.45) is 2.53. The topological polar surface area (TPSA) is 9.23 Å². The lowest BCUT2D eigenvalue weighted by Gasteiger charge is -2.16. The second kappa shape index (κ2) is 15.2. The van der Waals surface area contributed by atoms with E-state index in [0.717, 1.165) is 19.1 Å². The second-order valence-corrected chi connectivity index (χ2v) is 4.45. The summed E-state index contributed by atoms with van der Waals surface area (Å²) in [6, 6.07) is 8.45. The number of hydrogen-bond donors (Lipinski definition) is 0. The molecular weight excluding hydrogens is 232 g/mol. The maximum Gasteiger partial charge on any atom is 0.0468 e. The molecular formula is C18H34O. The van der Waals surface area contributed by atoms with Crippen molar-refractivity contribution in [1.29, 1.82) is 0 Å².